The van der Waals surface area contributed by atoms with Gasteiger partial charge in [0.15, 0.2) is 0 Å². The summed E-state index contributed by atoms with van der Waals surface area (Å²) in [5, 5.41) is 3.97. The van der Waals surface area contributed by atoms with Gasteiger partial charge in [-0.1, -0.05) is 79.2 Å². The van der Waals surface area contributed by atoms with Gasteiger partial charge in [-0.15, -0.1) is 0 Å². The Morgan fingerprint density at radius 3 is 2.27 bits per heavy atom. The zero-order chi connectivity index (χ0) is 27.2. The van der Waals surface area contributed by atoms with Crippen molar-refractivity contribution in [3.8, 4) is 0 Å². The Bertz CT molecular complexity index is 1220. The first kappa shape index (κ1) is 29.6. The maximum atomic E-state index is 13.8. The lowest BCUT2D eigenvalue weighted by Gasteiger charge is -2.34. The van der Waals surface area contributed by atoms with Crippen molar-refractivity contribution in [3.05, 3.63) is 63.1 Å². The van der Waals surface area contributed by atoms with E-state index in [1.54, 1.807) is 24.3 Å². The van der Waals surface area contributed by atoms with Gasteiger partial charge in [-0.05, 0) is 49.1 Å². The third-order valence-corrected chi connectivity index (χ3v) is 8.75. The molecule has 0 aliphatic heterocycles. The van der Waals surface area contributed by atoms with Gasteiger partial charge in [-0.3, -0.25) is 13.9 Å². The van der Waals surface area contributed by atoms with Crippen molar-refractivity contribution in [2.24, 2.45) is 0 Å². The third-order valence-electron chi connectivity index (χ3n) is 6.51. The zero-order valence-corrected chi connectivity index (χ0v) is 24.0. The monoisotopic (exact) mass is 587 g/mol. The number of anilines is 1. The third kappa shape index (κ3) is 7.99. The molecule has 0 aromatic heterocycles. The number of hydrogen-bond acceptors (Lipinski definition) is 4. The maximum absolute atomic E-state index is 13.8. The molecule has 1 aliphatic carbocycles. The predicted octanol–water partition coefficient (Wildman–Crippen LogP) is 5.67. The van der Waals surface area contributed by atoms with Crippen LogP contribution in [0.15, 0.2) is 42.5 Å². The number of nitrogens with zero attached hydrogens (tertiary/aromatic N) is 2. The van der Waals surface area contributed by atoms with Gasteiger partial charge in [-0.25, -0.2) is 8.42 Å². The van der Waals surface area contributed by atoms with Crippen LogP contribution >= 0.6 is 34.8 Å². The summed E-state index contributed by atoms with van der Waals surface area (Å²) in [7, 11) is -3.88. The fraction of sp³-hybridized carbons (Fsp3) is 0.462. The Morgan fingerprint density at radius 1 is 1.00 bits per heavy atom. The number of benzene rings is 2. The molecule has 1 saturated carbocycles. The highest BCUT2D eigenvalue weighted by atomic mass is 35.5. The number of sulfonamides is 1. The molecule has 1 fully saturated rings. The van der Waals surface area contributed by atoms with Crippen LogP contribution in [-0.4, -0.2) is 50.0 Å². The molecule has 1 aliphatic rings. The molecule has 2 amide bonds. The summed E-state index contributed by atoms with van der Waals surface area (Å²) in [5.74, 6) is -0.794. The molecule has 0 bridgehead atoms. The smallest absolute Gasteiger partial charge is 0.244 e. The molecule has 37 heavy (non-hydrogen) atoms. The van der Waals surface area contributed by atoms with Crippen LogP contribution < -0.4 is 9.62 Å². The molecule has 2 aromatic carbocycles. The molecule has 0 spiro atoms. The summed E-state index contributed by atoms with van der Waals surface area (Å²) in [6, 6.07) is 10.7. The normalized spacial score (nSPS) is 15.2. The van der Waals surface area contributed by atoms with E-state index in [0.29, 0.717) is 17.0 Å². The second-order valence-electron chi connectivity index (χ2n) is 9.25. The van der Waals surface area contributed by atoms with Crippen LogP contribution in [0.3, 0.4) is 0 Å². The van der Waals surface area contributed by atoms with Crippen LogP contribution in [0.25, 0.3) is 0 Å². The molecular weight excluding hydrogens is 557 g/mol. The van der Waals surface area contributed by atoms with E-state index in [0.717, 1.165) is 42.7 Å². The van der Waals surface area contributed by atoms with Crippen molar-refractivity contribution in [3.63, 3.8) is 0 Å². The van der Waals surface area contributed by atoms with E-state index in [4.69, 9.17) is 34.8 Å². The van der Waals surface area contributed by atoms with E-state index in [9.17, 15) is 18.0 Å². The molecule has 1 atom stereocenters. The molecule has 7 nitrogen and oxygen atoms in total. The minimum atomic E-state index is -3.88. The van der Waals surface area contributed by atoms with Crippen LogP contribution in [0.1, 0.15) is 51.0 Å². The summed E-state index contributed by atoms with van der Waals surface area (Å²) in [5.41, 5.74) is 0.851. The molecule has 1 N–H and O–H groups in total. The average Bonchev–Trinajstić information content (AvgIpc) is 2.85. The van der Waals surface area contributed by atoms with E-state index < -0.39 is 28.5 Å². The van der Waals surface area contributed by atoms with Gasteiger partial charge >= 0.3 is 0 Å². The number of carbonyl (C=O) groups excluding carboxylic acids is 2. The molecule has 202 valence electrons. The van der Waals surface area contributed by atoms with Gasteiger partial charge < -0.3 is 10.2 Å². The molecule has 1 unspecified atom stereocenters. The van der Waals surface area contributed by atoms with Crippen LogP contribution in [0.2, 0.25) is 15.1 Å². The number of carbonyl (C=O) groups is 2. The first-order valence-corrected chi connectivity index (χ1v) is 15.3. The van der Waals surface area contributed by atoms with Crippen molar-refractivity contribution < 1.29 is 18.0 Å². The van der Waals surface area contributed by atoms with E-state index in [2.05, 4.69) is 5.32 Å². The van der Waals surface area contributed by atoms with Crippen molar-refractivity contribution >= 4 is 62.3 Å². The van der Waals surface area contributed by atoms with E-state index >= 15 is 0 Å². The van der Waals surface area contributed by atoms with Crippen molar-refractivity contribution in [2.45, 2.75) is 64.1 Å². The first-order chi connectivity index (χ1) is 17.5. The predicted molar refractivity (Wildman–Crippen MR) is 150 cm³/mol. The molecule has 2 aromatic rings. The topological polar surface area (TPSA) is 86.8 Å². The zero-order valence-electron chi connectivity index (χ0n) is 20.9. The standard InChI is InChI=1S/C26H32Cl3N3O4S/c1-3-24(26(34)30-19-10-5-4-6-11-19)31(16-18-9-7-8-12-21(18)27)25(33)17-32(37(2,35)36)20-13-14-22(28)23(29)15-20/h7-9,12-15,19,24H,3-6,10-11,16-17H2,1-2H3,(H,30,34). The molecular formula is C26H32Cl3N3O4S. The summed E-state index contributed by atoms with van der Waals surface area (Å²) in [6.07, 6.45) is 6.42. The molecule has 0 heterocycles. The Hall–Kier alpha value is -2.00. The largest absolute Gasteiger partial charge is 0.352 e. The van der Waals surface area contributed by atoms with Crippen LogP contribution in [-0.2, 0) is 26.2 Å². The summed E-state index contributed by atoms with van der Waals surface area (Å²) in [6.45, 7) is 1.35. The van der Waals surface area contributed by atoms with Gasteiger partial charge in [0.1, 0.15) is 12.6 Å². The van der Waals surface area contributed by atoms with Gasteiger partial charge in [-0.2, -0.15) is 0 Å². The second kappa shape index (κ2) is 13.2. The van der Waals surface area contributed by atoms with E-state index in [-0.39, 0.29) is 34.2 Å². The fourth-order valence-electron chi connectivity index (χ4n) is 4.53. The van der Waals surface area contributed by atoms with Gasteiger partial charge in [0.05, 0.1) is 22.0 Å². The van der Waals surface area contributed by atoms with Crippen LogP contribution in [0, 0.1) is 0 Å². The van der Waals surface area contributed by atoms with Crippen LogP contribution in [0.5, 0.6) is 0 Å². The Labute approximate surface area is 234 Å². The lowest BCUT2D eigenvalue weighted by molar-refractivity contribution is -0.140. The molecule has 11 heteroatoms. The van der Waals surface area contributed by atoms with E-state index in [1.807, 2.05) is 6.92 Å². The highest BCUT2D eigenvalue weighted by molar-refractivity contribution is 7.92. The number of nitrogens with one attached hydrogen (secondary N) is 1. The Balaban J connectivity index is 1.93. The highest BCUT2D eigenvalue weighted by Gasteiger charge is 2.33. The lowest BCUT2D eigenvalue weighted by Crippen LogP contribution is -2.54. The SMILES string of the molecule is CCC(C(=O)NC1CCCCC1)N(Cc1ccccc1Cl)C(=O)CN(c1ccc(Cl)c(Cl)c1)S(C)(=O)=O. The van der Waals surface area contributed by atoms with Crippen molar-refractivity contribution in [2.75, 3.05) is 17.1 Å². The summed E-state index contributed by atoms with van der Waals surface area (Å²) < 4.78 is 26.4. The van der Waals surface area contributed by atoms with Crippen LogP contribution in [0.4, 0.5) is 5.69 Å². The average molecular weight is 589 g/mol. The highest BCUT2D eigenvalue weighted by Crippen LogP contribution is 2.29. The number of hydrogen-bond donors (Lipinski definition) is 1. The van der Waals surface area contributed by atoms with Crippen molar-refractivity contribution in [1.29, 1.82) is 0 Å². The Morgan fingerprint density at radius 2 is 1.68 bits per heavy atom. The number of halogens is 3. The summed E-state index contributed by atoms with van der Waals surface area (Å²) >= 11 is 18.5. The summed E-state index contributed by atoms with van der Waals surface area (Å²) in [4.78, 5) is 28.6. The minimum Gasteiger partial charge on any atom is -0.352 e. The van der Waals surface area contributed by atoms with E-state index in [1.165, 1.54) is 23.1 Å². The second-order valence-corrected chi connectivity index (χ2v) is 12.4. The van der Waals surface area contributed by atoms with Gasteiger partial charge in [0.2, 0.25) is 21.8 Å². The van der Waals surface area contributed by atoms with Gasteiger partial charge in [0, 0.05) is 17.6 Å². The lowest BCUT2D eigenvalue weighted by atomic mass is 9.95. The molecule has 0 radical (unpaired) electrons. The van der Waals surface area contributed by atoms with Gasteiger partial charge in [0.25, 0.3) is 0 Å². The first-order valence-electron chi connectivity index (χ1n) is 12.3. The number of amides is 2. The molecule has 0 saturated heterocycles. The molecule has 3 rings (SSSR count). The quantitative estimate of drug-likeness (QED) is 0.388. The Kier molecular flexibility index (Phi) is 10.5. The minimum absolute atomic E-state index is 0.0497. The number of rotatable bonds is 10. The van der Waals surface area contributed by atoms with Crippen molar-refractivity contribution in [1.82, 2.24) is 10.2 Å². The maximum Gasteiger partial charge on any atom is 0.244 e. The fourth-order valence-corrected chi connectivity index (χ4v) is 5.86.